The summed E-state index contributed by atoms with van der Waals surface area (Å²) in [5.74, 6) is 0.712. The molecular weight excluding hydrogens is 162 g/mol. The number of carbonyl (C=O) groups excluding carboxylic acids is 1. The number of hydrogen-bond acceptors (Lipinski definition) is 1. The number of carbonyl (C=O) groups is 1. The van der Waals surface area contributed by atoms with Crippen molar-refractivity contribution < 1.29 is 4.79 Å². The molecule has 2 heteroatoms. The Bertz CT molecular complexity index is 183. The normalized spacial score (nSPS) is 11.6. The highest BCUT2D eigenvalue weighted by molar-refractivity contribution is 5.77. The van der Waals surface area contributed by atoms with Crippen molar-refractivity contribution in [3.63, 3.8) is 0 Å². The van der Waals surface area contributed by atoms with E-state index < -0.39 is 0 Å². The Morgan fingerprint density at radius 2 is 1.85 bits per heavy atom. The van der Waals surface area contributed by atoms with Crippen LogP contribution >= 0.6 is 0 Å². The minimum absolute atomic E-state index is 0.187. The van der Waals surface area contributed by atoms with E-state index in [-0.39, 0.29) is 5.91 Å². The van der Waals surface area contributed by atoms with Crippen molar-refractivity contribution in [2.75, 3.05) is 7.05 Å². The van der Waals surface area contributed by atoms with E-state index in [0.29, 0.717) is 18.4 Å². The molecule has 0 heterocycles. The van der Waals surface area contributed by atoms with E-state index in [9.17, 15) is 4.79 Å². The van der Waals surface area contributed by atoms with Gasteiger partial charge in [0.1, 0.15) is 0 Å². The average molecular weight is 183 g/mol. The summed E-state index contributed by atoms with van der Waals surface area (Å²) in [6, 6.07) is 0.292. The third-order valence-electron chi connectivity index (χ3n) is 1.98. The Hall–Kier alpha value is -0.790. The first-order chi connectivity index (χ1) is 5.95. The third-order valence-corrected chi connectivity index (χ3v) is 1.98. The Morgan fingerprint density at radius 3 is 2.23 bits per heavy atom. The van der Waals surface area contributed by atoms with Gasteiger partial charge in [-0.2, -0.15) is 0 Å². The van der Waals surface area contributed by atoms with Gasteiger partial charge in [0.05, 0.1) is 0 Å². The maximum absolute atomic E-state index is 11.4. The van der Waals surface area contributed by atoms with E-state index in [2.05, 4.69) is 19.9 Å². The van der Waals surface area contributed by atoms with Crippen LogP contribution in [0.5, 0.6) is 0 Å². The van der Waals surface area contributed by atoms with Crippen molar-refractivity contribution in [2.24, 2.45) is 5.92 Å². The quantitative estimate of drug-likeness (QED) is 0.613. The highest BCUT2D eigenvalue weighted by Gasteiger charge is 2.09. The van der Waals surface area contributed by atoms with Crippen LogP contribution in [0.25, 0.3) is 0 Å². The molecule has 0 bridgehead atoms. The zero-order valence-electron chi connectivity index (χ0n) is 9.37. The summed E-state index contributed by atoms with van der Waals surface area (Å²) in [4.78, 5) is 13.2. The first kappa shape index (κ1) is 12.2. The lowest BCUT2D eigenvalue weighted by Gasteiger charge is -2.20. The molecule has 0 saturated carbocycles. The van der Waals surface area contributed by atoms with Gasteiger partial charge in [-0.1, -0.05) is 26.0 Å². The summed E-state index contributed by atoms with van der Waals surface area (Å²) < 4.78 is 0. The predicted octanol–water partition coefficient (Wildman–Crippen LogP) is 2.46. The van der Waals surface area contributed by atoms with E-state index in [0.717, 1.165) is 0 Å². The lowest BCUT2D eigenvalue weighted by molar-refractivity contribution is -0.130. The van der Waals surface area contributed by atoms with Gasteiger partial charge in [-0.15, -0.1) is 0 Å². The van der Waals surface area contributed by atoms with Gasteiger partial charge in [-0.05, 0) is 19.8 Å². The Labute approximate surface area is 81.6 Å². The Balaban J connectivity index is 3.88. The lowest BCUT2D eigenvalue weighted by Crippen LogP contribution is -2.32. The molecular formula is C11H21NO. The van der Waals surface area contributed by atoms with Crippen LogP contribution in [0.15, 0.2) is 12.2 Å². The van der Waals surface area contributed by atoms with Crippen molar-refractivity contribution >= 4 is 5.91 Å². The van der Waals surface area contributed by atoms with Crippen LogP contribution in [0.1, 0.15) is 34.1 Å². The molecule has 0 aliphatic heterocycles. The molecule has 0 aromatic carbocycles. The molecule has 0 spiro atoms. The number of nitrogens with zero attached hydrogens (tertiary/aromatic N) is 1. The number of allylic oxidation sites excluding steroid dienone is 1. The average Bonchev–Trinajstić information content (AvgIpc) is 2.02. The molecule has 0 aromatic rings. The fourth-order valence-corrected chi connectivity index (χ4v) is 0.873. The molecule has 0 saturated heterocycles. The van der Waals surface area contributed by atoms with Crippen LogP contribution in [-0.2, 0) is 4.79 Å². The van der Waals surface area contributed by atoms with Gasteiger partial charge in [-0.25, -0.2) is 0 Å². The molecule has 0 atom stereocenters. The lowest BCUT2D eigenvalue weighted by atomic mass is 10.2. The van der Waals surface area contributed by atoms with E-state index in [1.807, 2.05) is 27.0 Å². The van der Waals surface area contributed by atoms with E-state index in [1.54, 1.807) is 4.90 Å². The molecule has 1 amide bonds. The maximum Gasteiger partial charge on any atom is 0.226 e. The second kappa shape index (κ2) is 5.79. The van der Waals surface area contributed by atoms with Gasteiger partial charge < -0.3 is 4.90 Å². The largest absolute Gasteiger partial charge is 0.343 e. The van der Waals surface area contributed by atoms with E-state index >= 15 is 0 Å². The summed E-state index contributed by atoms with van der Waals surface area (Å²) in [6.45, 7) is 8.24. The standard InChI is InChI=1S/C11H21NO/c1-9(2)7-6-8-11(13)12(5)10(3)4/h6-7,9-10H,8H2,1-5H3. The highest BCUT2D eigenvalue weighted by Crippen LogP contribution is 2.00. The van der Waals surface area contributed by atoms with Crippen molar-refractivity contribution in [1.29, 1.82) is 0 Å². The SMILES string of the molecule is CC(C)C=CCC(=O)N(C)C(C)C. The molecule has 0 radical (unpaired) electrons. The third kappa shape index (κ3) is 5.45. The van der Waals surface area contributed by atoms with Crippen LogP contribution < -0.4 is 0 Å². The van der Waals surface area contributed by atoms with Crippen molar-refractivity contribution in [2.45, 2.75) is 40.2 Å². The van der Waals surface area contributed by atoms with Crippen LogP contribution in [0, 0.1) is 5.92 Å². The van der Waals surface area contributed by atoms with Crippen molar-refractivity contribution in [1.82, 2.24) is 4.90 Å². The van der Waals surface area contributed by atoms with E-state index in [4.69, 9.17) is 0 Å². The number of hydrogen-bond donors (Lipinski definition) is 0. The molecule has 0 fully saturated rings. The van der Waals surface area contributed by atoms with Gasteiger partial charge in [0, 0.05) is 19.5 Å². The smallest absolute Gasteiger partial charge is 0.226 e. The molecule has 0 aliphatic carbocycles. The second-order valence-electron chi connectivity index (χ2n) is 3.97. The zero-order chi connectivity index (χ0) is 10.4. The number of amides is 1. The molecule has 0 aromatic heterocycles. The molecule has 13 heavy (non-hydrogen) atoms. The molecule has 0 aliphatic rings. The summed E-state index contributed by atoms with van der Waals surface area (Å²) in [5, 5.41) is 0. The first-order valence-electron chi connectivity index (χ1n) is 4.87. The minimum atomic E-state index is 0.187. The Kier molecular flexibility index (Phi) is 5.44. The monoisotopic (exact) mass is 183 g/mol. The van der Waals surface area contributed by atoms with Gasteiger partial charge in [-0.3, -0.25) is 4.79 Å². The molecule has 0 rings (SSSR count). The predicted molar refractivity (Wildman–Crippen MR) is 56.5 cm³/mol. The van der Waals surface area contributed by atoms with Crippen molar-refractivity contribution in [3.8, 4) is 0 Å². The first-order valence-corrected chi connectivity index (χ1v) is 4.87. The van der Waals surface area contributed by atoms with Crippen LogP contribution in [0.4, 0.5) is 0 Å². The minimum Gasteiger partial charge on any atom is -0.343 e. The molecule has 2 nitrogen and oxygen atoms in total. The topological polar surface area (TPSA) is 20.3 Å². The van der Waals surface area contributed by atoms with Crippen molar-refractivity contribution in [3.05, 3.63) is 12.2 Å². The maximum atomic E-state index is 11.4. The number of rotatable bonds is 4. The summed E-state index contributed by atoms with van der Waals surface area (Å²) in [5.41, 5.74) is 0. The molecule has 76 valence electrons. The zero-order valence-corrected chi connectivity index (χ0v) is 9.37. The molecule has 0 unspecified atom stereocenters. The van der Waals surface area contributed by atoms with Gasteiger partial charge in [0.15, 0.2) is 0 Å². The molecule has 0 N–H and O–H groups in total. The highest BCUT2D eigenvalue weighted by atomic mass is 16.2. The van der Waals surface area contributed by atoms with Crippen LogP contribution in [-0.4, -0.2) is 23.9 Å². The van der Waals surface area contributed by atoms with Crippen LogP contribution in [0.2, 0.25) is 0 Å². The second-order valence-corrected chi connectivity index (χ2v) is 3.97. The Morgan fingerprint density at radius 1 is 1.31 bits per heavy atom. The van der Waals surface area contributed by atoms with Gasteiger partial charge in [0.25, 0.3) is 0 Å². The summed E-state index contributed by atoms with van der Waals surface area (Å²) >= 11 is 0. The fraction of sp³-hybridized carbons (Fsp3) is 0.727. The van der Waals surface area contributed by atoms with E-state index in [1.165, 1.54) is 0 Å². The van der Waals surface area contributed by atoms with Crippen LogP contribution in [0.3, 0.4) is 0 Å². The summed E-state index contributed by atoms with van der Waals surface area (Å²) in [6.07, 6.45) is 4.53. The van der Waals surface area contributed by atoms with Gasteiger partial charge in [0.2, 0.25) is 5.91 Å². The fourth-order valence-electron chi connectivity index (χ4n) is 0.873. The van der Waals surface area contributed by atoms with Gasteiger partial charge >= 0.3 is 0 Å². The summed E-state index contributed by atoms with van der Waals surface area (Å²) in [7, 11) is 1.84.